The van der Waals surface area contributed by atoms with Crippen molar-refractivity contribution in [3.8, 4) is 0 Å². The van der Waals surface area contributed by atoms with E-state index in [0.717, 1.165) is 27.7 Å². The number of fused-ring (bicyclic) bond motifs is 1. The minimum absolute atomic E-state index is 0.226. The Balaban J connectivity index is 1.69. The number of benzene rings is 2. The van der Waals surface area contributed by atoms with E-state index in [1.54, 1.807) is 0 Å². The van der Waals surface area contributed by atoms with Crippen LogP contribution in [-0.2, 0) is 22.5 Å². The van der Waals surface area contributed by atoms with Crippen molar-refractivity contribution in [2.45, 2.75) is 65.0 Å². The van der Waals surface area contributed by atoms with Crippen LogP contribution in [0.2, 0.25) is 0 Å². The zero-order valence-electron chi connectivity index (χ0n) is 18.0. The highest BCUT2D eigenvalue weighted by atomic mass is 16.6. The van der Waals surface area contributed by atoms with Gasteiger partial charge in [0.15, 0.2) is 5.69 Å². The molecule has 1 heterocycles. The van der Waals surface area contributed by atoms with Crippen LogP contribution >= 0.6 is 0 Å². The zero-order chi connectivity index (χ0) is 21.5. The number of aryl methyl sites for hydroxylation is 1. The monoisotopic (exact) mass is 401 g/mol. The minimum atomic E-state index is -0.498. The minimum Gasteiger partial charge on any atom is -0.460 e. The maximum absolute atomic E-state index is 12.3. The predicted molar refractivity (Wildman–Crippen MR) is 118 cm³/mol. The summed E-state index contributed by atoms with van der Waals surface area (Å²) < 4.78 is 7.44. The van der Waals surface area contributed by atoms with E-state index in [2.05, 4.69) is 10.9 Å². The smallest absolute Gasteiger partial charge is 0.310 e. The highest BCUT2D eigenvalue weighted by molar-refractivity contribution is 5.84. The van der Waals surface area contributed by atoms with E-state index in [9.17, 15) is 4.79 Å². The summed E-state index contributed by atoms with van der Waals surface area (Å²) in [5, 5.41) is 5.82. The third-order valence-electron chi connectivity index (χ3n) is 5.40. The molecule has 1 aliphatic carbocycles. The Morgan fingerprint density at radius 1 is 1.27 bits per heavy atom. The lowest BCUT2D eigenvalue weighted by Gasteiger charge is -2.19. The number of aromatic nitrogens is 2. The highest BCUT2D eigenvalue weighted by Gasteiger charge is 2.27. The van der Waals surface area contributed by atoms with Crippen LogP contribution in [0.15, 0.2) is 36.4 Å². The van der Waals surface area contributed by atoms with Gasteiger partial charge in [0.2, 0.25) is 0 Å². The Labute approximate surface area is 177 Å². The molecule has 30 heavy (non-hydrogen) atoms. The topological polar surface area (TPSA) is 48.5 Å². The van der Waals surface area contributed by atoms with E-state index in [1.165, 1.54) is 18.4 Å². The fourth-order valence-corrected chi connectivity index (χ4v) is 3.96. The zero-order valence-corrected chi connectivity index (χ0v) is 18.0. The van der Waals surface area contributed by atoms with Crippen LogP contribution < -0.4 is 0 Å². The lowest BCUT2D eigenvalue weighted by Crippen LogP contribution is -2.24. The first-order valence-electron chi connectivity index (χ1n) is 10.4. The molecule has 1 saturated carbocycles. The number of ether oxygens (including phenoxy) is 1. The molecule has 0 radical (unpaired) electrons. The quantitative estimate of drug-likeness (QED) is 0.407. The van der Waals surface area contributed by atoms with Gasteiger partial charge < -0.3 is 4.74 Å². The summed E-state index contributed by atoms with van der Waals surface area (Å²) in [6.45, 7) is 15.8. The standard InChI is InChI=1S/C25H27N3O2/c1-16-19-12-9-17(14-24(29)30-25(2,3)4)13-23(19)28(27-16)15-21-20(18-10-11-18)7-6-8-22(21)26-5/h6-9,12-13,18H,10-11,14-15H2,1-4H3. The van der Waals surface area contributed by atoms with Crippen LogP contribution in [0.25, 0.3) is 15.7 Å². The molecule has 0 saturated heterocycles. The molecule has 1 aromatic heterocycles. The van der Waals surface area contributed by atoms with Crippen molar-refractivity contribution in [2.75, 3.05) is 0 Å². The fraction of sp³-hybridized carbons (Fsp3) is 0.400. The third kappa shape index (κ3) is 4.23. The summed E-state index contributed by atoms with van der Waals surface area (Å²) in [6.07, 6.45) is 2.60. The molecule has 4 rings (SSSR count). The third-order valence-corrected chi connectivity index (χ3v) is 5.40. The molecule has 0 bridgehead atoms. The molecular weight excluding hydrogens is 374 g/mol. The number of carbonyl (C=O) groups is 1. The number of carbonyl (C=O) groups excluding carboxylic acids is 1. The average molecular weight is 402 g/mol. The van der Waals surface area contributed by atoms with Gasteiger partial charge in [-0.1, -0.05) is 35.9 Å². The van der Waals surface area contributed by atoms with Gasteiger partial charge in [0.1, 0.15) is 5.60 Å². The van der Waals surface area contributed by atoms with E-state index < -0.39 is 5.60 Å². The molecule has 5 heteroatoms. The molecule has 0 atom stereocenters. The molecule has 1 fully saturated rings. The summed E-state index contributed by atoms with van der Waals surface area (Å²) in [5.74, 6) is 0.325. The largest absolute Gasteiger partial charge is 0.460 e. The summed E-state index contributed by atoms with van der Waals surface area (Å²) in [6, 6.07) is 12.0. The second kappa shape index (κ2) is 7.60. The van der Waals surface area contributed by atoms with Crippen molar-refractivity contribution in [1.29, 1.82) is 0 Å². The molecule has 0 amide bonds. The molecule has 2 aromatic carbocycles. The Bertz CT molecular complexity index is 1160. The van der Waals surface area contributed by atoms with Gasteiger partial charge >= 0.3 is 5.97 Å². The lowest BCUT2D eigenvalue weighted by molar-refractivity contribution is -0.153. The molecule has 0 aliphatic heterocycles. The van der Waals surface area contributed by atoms with Gasteiger partial charge in [-0.15, -0.1) is 0 Å². The van der Waals surface area contributed by atoms with Crippen molar-refractivity contribution in [1.82, 2.24) is 9.78 Å². The lowest BCUT2D eigenvalue weighted by atomic mass is 10.0. The van der Waals surface area contributed by atoms with Crippen LogP contribution in [-0.4, -0.2) is 21.4 Å². The molecule has 3 aromatic rings. The number of hydrogen-bond donors (Lipinski definition) is 0. The van der Waals surface area contributed by atoms with Crippen molar-refractivity contribution in [3.05, 3.63) is 70.2 Å². The second-order valence-corrected chi connectivity index (χ2v) is 9.09. The number of rotatable bonds is 5. The van der Waals surface area contributed by atoms with Crippen LogP contribution in [0.1, 0.15) is 61.9 Å². The van der Waals surface area contributed by atoms with Gasteiger partial charge in [-0.2, -0.15) is 5.10 Å². The Hall–Kier alpha value is -3.13. The molecular formula is C25H27N3O2. The maximum Gasteiger partial charge on any atom is 0.310 e. The van der Waals surface area contributed by atoms with Gasteiger partial charge in [0, 0.05) is 5.39 Å². The first-order chi connectivity index (χ1) is 14.2. The second-order valence-electron chi connectivity index (χ2n) is 9.09. The van der Waals surface area contributed by atoms with E-state index in [4.69, 9.17) is 16.4 Å². The van der Waals surface area contributed by atoms with Gasteiger partial charge in [-0.25, -0.2) is 4.85 Å². The molecule has 0 N–H and O–H groups in total. The summed E-state index contributed by atoms with van der Waals surface area (Å²) in [5.41, 5.74) is 5.37. The van der Waals surface area contributed by atoms with Crippen molar-refractivity contribution >= 4 is 22.6 Å². The Morgan fingerprint density at radius 2 is 2.03 bits per heavy atom. The molecule has 0 spiro atoms. The van der Waals surface area contributed by atoms with E-state index in [1.807, 2.05) is 62.7 Å². The SMILES string of the molecule is [C-]#[N+]c1cccc(C2CC2)c1Cn1nc(C)c2ccc(CC(=O)OC(C)(C)C)cc21. The van der Waals surface area contributed by atoms with Crippen molar-refractivity contribution < 1.29 is 9.53 Å². The Morgan fingerprint density at radius 3 is 2.70 bits per heavy atom. The fourth-order valence-electron chi connectivity index (χ4n) is 3.96. The van der Waals surface area contributed by atoms with E-state index in [0.29, 0.717) is 18.2 Å². The van der Waals surface area contributed by atoms with Gasteiger partial charge in [-0.05, 0) is 63.6 Å². The van der Waals surface area contributed by atoms with Crippen LogP contribution in [0, 0.1) is 13.5 Å². The molecule has 1 aliphatic rings. The molecule has 154 valence electrons. The van der Waals surface area contributed by atoms with Gasteiger partial charge in [-0.3, -0.25) is 9.48 Å². The average Bonchev–Trinajstić information content (AvgIpc) is 3.46. The Kier molecular flexibility index (Phi) is 5.11. The normalized spacial score (nSPS) is 14.0. The predicted octanol–water partition coefficient (Wildman–Crippen LogP) is 5.71. The first-order valence-corrected chi connectivity index (χ1v) is 10.4. The van der Waals surface area contributed by atoms with Crippen molar-refractivity contribution in [2.24, 2.45) is 0 Å². The van der Waals surface area contributed by atoms with Gasteiger partial charge in [0.25, 0.3) is 0 Å². The number of hydrogen-bond acceptors (Lipinski definition) is 3. The molecule has 0 unspecified atom stereocenters. The summed E-state index contributed by atoms with van der Waals surface area (Å²) >= 11 is 0. The number of nitrogens with zero attached hydrogens (tertiary/aromatic N) is 3. The van der Waals surface area contributed by atoms with Crippen molar-refractivity contribution in [3.63, 3.8) is 0 Å². The summed E-state index contributed by atoms with van der Waals surface area (Å²) in [7, 11) is 0. The summed E-state index contributed by atoms with van der Waals surface area (Å²) in [4.78, 5) is 16.0. The van der Waals surface area contributed by atoms with Crippen LogP contribution in [0.4, 0.5) is 5.69 Å². The van der Waals surface area contributed by atoms with Gasteiger partial charge in [0.05, 0.1) is 30.7 Å². The van der Waals surface area contributed by atoms with Crippen LogP contribution in [0.5, 0.6) is 0 Å². The number of esters is 1. The van der Waals surface area contributed by atoms with Crippen LogP contribution in [0.3, 0.4) is 0 Å². The van der Waals surface area contributed by atoms with E-state index in [-0.39, 0.29) is 12.4 Å². The molecule has 5 nitrogen and oxygen atoms in total. The first kappa shape index (κ1) is 20.2. The highest BCUT2D eigenvalue weighted by Crippen LogP contribution is 2.44. The van der Waals surface area contributed by atoms with E-state index >= 15 is 0 Å². The maximum atomic E-state index is 12.3.